The van der Waals surface area contributed by atoms with Gasteiger partial charge in [-0.1, -0.05) is 11.6 Å². The molecule has 0 aliphatic carbocycles. The normalized spacial score (nSPS) is 15.8. The molecular formula is C12H13ClN4O3. The van der Waals surface area contributed by atoms with Gasteiger partial charge in [-0.05, 0) is 0 Å². The number of halogens is 1. The molecule has 0 saturated carbocycles. The topological polar surface area (TPSA) is 80.0 Å². The van der Waals surface area contributed by atoms with Gasteiger partial charge < -0.3 is 19.1 Å². The van der Waals surface area contributed by atoms with Crippen LogP contribution in [-0.2, 0) is 16.0 Å². The van der Waals surface area contributed by atoms with E-state index in [1.54, 1.807) is 16.8 Å². The maximum Gasteiger partial charge on any atom is 0.309 e. The Morgan fingerprint density at radius 3 is 2.80 bits per heavy atom. The van der Waals surface area contributed by atoms with Crippen LogP contribution in [0.2, 0.25) is 5.15 Å². The van der Waals surface area contributed by atoms with Crippen LogP contribution in [0.5, 0.6) is 0 Å². The van der Waals surface area contributed by atoms with Gasteiger partial charge in [-0.15, -0.1) is 0 Å². The van der Waals surface area contributed by atoms with E-state index in [4.69, 9.17) is 21.4 Å². The third kappa shape index (κ3) is 2.54. The van der Waals surface area contributed by atoms with Crippen molar-refractivity contribution in [1.29, 1.82) is 0 Å². The van der Waals surface area contributed by atoms with E-state index < -0.39 is 5.97 Å². The zero-order chi connectivity index (χ0) is 14.1. The SMILES string of the molecule is O=C(O)Cc1cn2cc(Cl)nc(N3CCOCC3)c2n1. The van der Waals surface area contributed by atoms with Crippen LogP contribution in [0, 0.1) is 0 Å². The number of carbonyl (C=O) groups is 1. The number of morpholine rings is 1. The van der Waals surface area contributed by atoms with Crippen LogP contribution in [0.3, 0.4) is 0 Å². The lowest BCUT2D eigenvalue weighted by molar-refractivity contribution is -0.136. The number of ether oxygens (including phenoxy) is 1. The molecule has 1 aliphatic rings. The summed E-state index contributed by atoms with van der Waals surface area (Å²) in [5, 5.41) is 9.19. The number of hydrogen-bond acceptors (Lipinski definition) is 5. The number of anilines is 1. The van der Waals surface area contributed by atoms with Crippen LogP contribution in [-0.4, -0.2) is 51.7 Å². The Hall–Kier alpha value is -1.86. The minimum Gasteiger partial charge on any atom is -0.481 e. The summed E-state index contributed by atoms with van der Waals surface area (Å²) >= 11 is 6.02. The van der Waals surface area contributed by atoms with E-state index in [9.17, 15) is 4.79 Å². The fraction of sp³-hybridized carbons (Fsp3) is 0.417. The number of nitrogens with zero attached hydrogens (tertiary/aromatic N) is 4. The van der Waals surface area contributed by atoms with Crippen molar-refractivity contribution in [2.75, 3.05) is 31.2 Å². The molecule has 0 atom stereocenters. The van der Waals surface area contributed by atoms with Gasteiger partial charge in [0.1, 0.15) is 5.15 Å². The summed E-state index contributed by atoms with van der Waals surface area (Å²) in [6.45, 7) is 2.68. The Morgan fingerprint density at radius 1 is 1.35 bits per heavy atom. The van der Waals surface area contributed by atoms with Gasteiger partial charge in [0, 0.05) is 25.5 Å². The van der Waals surface area contributed by atoms with E-state index in [0.717, 1.165) is 0 Å². The molecule has 2 aromatic rings. The molecule has 20 heavy (non-hydrogen) atoms. The van der Waals surface area contributed by atoms with Gasteiger partial charge in [-0.2, -0.15) is 0 Å². The van der Waals surface area contributed by atoms with Crippen molar-refractivity contribution in [3.8, 4) is 0 Å². The Balaban J connectivity index is 2.05. The molecule has 0 amide bonds. The molecule has 3 heterocycles. The van der Waals surface area contributed by atoms with Gasteiger partial charge in [0.15, 0.2) is 11.5 Å². The molecule has 0 spiro atoms. The molecule has 1 fully saturated rings. The van der Waals surface area contributed by atoms with Gasteiger partial charge in [-0.25, -0.2) is 9.97 Å². The second-order valence-electron chi connectivity index (χ2n) is 4.52. The standard InChI is InChI=1S/C12H13ClN4O3/c13-9-7-17-6-8(5-10(18)19)14-11(17)12(15-9)16-1-3-20-4-2-16/h6-7H,1-5H2,(H,18,19). The summed E-state index contributed by atoms with van der Waals surface area (Å²) in [6, 6.07) is 0. The molecule has 1 saturated heterocycles. The van der Waals surface area contributed by atoms with Crippen LogP contribution in [0.15, 0.2) is 12.4 Å². The average molecular weight is 297 g/mol. The lowest BCUT2D eigenvalue weighted by Crippen LogP contribution is -2.37. The predicted octanol–water partition coefficient (Wildman–Crippen LogP) is 0.846. The Bertz CT molecular complexity index is 651. The molecular weight excluding hydrogens is 284 g/mol. The number of carboxylic acids is 1. The molecule has 106 valence electrons. The third-order valence-electron chi connectivity index (χ3n) is 3.08. The van der Waals surface area contributed by atoms with Gasteiger partial charge in [0.05, 0.1) is 25.3 Å². The molecule has 1 aliphatic heterocycles. The van der Waals surface area contributed by atoms with E-state index >= 15 is 0 Å². The molecule has 0 radical (unpaired) electrons. The minimum atomic E-state index is -0.916. The highest BCUT2D eigenvalue weighted by molar-refractivity contribution is 6.29. The van der Waals surface area contributed by atoms with Gasteiger partial charge in [0.2, 0.25) is 0 Å². The first-order valence-electron chi connectivity index (χ1n) is 6.22. The number of aromatic nitrogens is 3. The van der Waals surface area contributed by atoms with Crippen molar-refractivity contribution in [3.05, 3.63) is 23.2 Å². The lowest BCUT2D eigenvalue weighted by atomic mass is 10.3. The predicted molar refractivity (Wildman–Crippen MR) is 72.4 cm³/mol. The highest BCUT2D eigenvalue weighted by Gasteiger charge is 2.19. The number of imidazole rings is 1. The largest absolute Gasteiger partial charge is 0.481 e. The monoisotopic (exact) mass is 296 g/mol. The van der Waals surface area contributed by atoms with E-state index in [-0.39, 0.29) is 6.42 Å². The number of hydrogen-bond donors (Lipinski definition) is 1. The van der Waals surface area contributed by atoms with Gasteiger partial charge in [-0.3, -0.25) is 4.79 Å². The molecule has 7 nitrogen and oxygen atoms in total. The summed E-state index contributed by atoms with van der Waals surface area (Å²) in [7, 11) is 0. The first-order valence-corrected chi connectivity index (χ1v) is 6.60. The molecule has 1 N–H and O–H groups in total. The third-order valence-corrected chi connectivity index (χ3v) is 3.27. The summed E-state index contributed by atoms with van der Waals surface area (Å²) in [5.41, 5.74) is 1.10. The van der Waals surface area contributed by atoms with Crippen molar-refractivity contribution < 1.29 is 14.6 Å². The van der Waals surface area contributed by atoms with E-state index in [2.05, 4.69) is 9.97 Å². The van der Waals surface area contributed by atoms with Crippen LogP contribution in [0.1, 0.15) is 5.69 Å². The quantitative estimate of drug-likeness (QED) is 0.904. The maximum absolute atomic E-state index is 10.8. The Kier molecular flexibility index (Phi) is 3.45. The fourth-order valence-corrected chi connectivity index (χ4v) is 2.42. The van der Waals surface area contributed by atoms with E-state index in [0.29, 0.717) is 48.6 Å². The summed E-state index contributed by atoms with van der Waals surface area (Å²) in [4.78, 5) is 21.5. The number of aliphatic carboxylic acids is 1. The number of fused-ring (bicyclic) bond motifs is 1. The van der Waals surface area contributed by atoms with Crippen molar-refractivity contribution >= 4 is 29.0 Å². The Labute approximate surface area is 119 Å². The molecule has 0 unspecified atom stereocenters. The van der Waals surface area contributed by atoms with Crippen molar-refractivity contribution in [2.45, 2.75) is 6.42 Å². The zero-order valence-electron chi connectivity index (χ0n) is 10.6. The highest BCUT2D eigenvalue weighted by atomic mass is 35.5. The van der Waals surface area contributed by atoms with Gasteiger partial charge >= 0.3 is 5.97 Å². The van der Waals surface area contributed by atoms with Crippen molar-refractivity contribution in [1.82, 2.24) is 14.4 Å². The first kappa shape index (κ1) is 13.1. The van der Waals surface area contributed by atoms with Gasteiger partial charge in [0.25, 0.3) is 0 Å². The molecule has 0 bridgehead atoms. The smallest absolute Gasteiger partial charge is 0.309 e. The summed E-state index contributed by atoms with van der Waals surface area (Å²) < 4.78 is 7.03. The number of carboxylic acid groups (broad SMARTS) is 1. The molecule has 8 heteroatoms. The number of rotatable bonds is 3. The second kappa shape index (κ2) is 5.26. The van der Waals surface area contributed by atoms with Crippen LogP contribution in [0.25, 0.3) is 5.65 Å². The van der Waals surface area contributed by atoms with E-state index in [1.807, 2.05) is 4.90 Å². The van der Waals surface area contributed by atoms with Crippen molar-refractivity contribution in [2.24, 2.45) is 0 Å². The fourth-order valence-electron chi connectivity index (χ4n) is 2.23. The Morgan fingerprint density at radius 2 is 2.10 bits per heavy atom. The molecule has 3 rings (SSSR count). The average Bonchev–Trinajstić information content (AvgIpc) is 2.79. The molecule has 2 aromatic heterocycles. The lowest BCUT2D eigenvalue weighted by Gasteiger charge is -2.27. The summed E-state index contributed by atoms with van der Waals surface area (Å²) in [5.74, 6) is -0.252. The zero-order valence-corrected chi connectivity index (χ0v) is 11.4. The van der Waals surface area contributed by atoms with Crippen LogP contribution in [0.4, 0.5) is 5.82 Å². The highest BCUT2D eigenvalue weighted by Crippen LogP contribution is 2.22. The first-order chi connectivity index (χ1) is 9.63. The minimum absolute atomic E-state index is 0.123. The molecule has 0 aromatic carbocycles. The summed E-state index contributed by atoms with van der Waals surface area (Å²) in [6.07, 6.45) is 3.17. The van der Waals surface area contributed by atoms with Crippen LogP contribution < -0.4 is 4.90 Å². The van der Waals surface area contributed by atoms with Crippen LogP contribution >= 0.6 is 11.6 Å². The van der Waals surface area contributed by atoms with Crippen molar-refractivity contribution in [3.63, 3.8) is 0 Å². The maximum atomic E-state index is 10.8. The van der Waals surface area contributed by atoms with E-state index in [1.165, 1.54) is 0 Å². The second-order valence-corrected chi connectivity index (χ2v) is 4.91.